The van der Waals surface area contributed by atoms with Gasteiger partial charge in [0.15, 0.2) is 0 Å². The standard InChI is InChI=1S/C19H20N2/c1-16(20-21-14-8-9-15-21)19(17-10-4-2-5-11-17)18-12-6-3-7-13-18/h2-16,19-20H,1H3. The number of nitrogens with one attached hydrogen (secondary N) is 1. The monoisotopic (exact) mass is 276 g/mol. The molecule has 0 saturated carbocycles. The molecule has 0 fully saturated rings. The Labute approximate surface area is 126 Å². The molecule has 0 aliphatic rings. The molecule has 3 aromatic rings. The van der Waals surface area contributed by atoms with Crippen LogP contribution in [0.5, 0.6) is 0 Å². The van der Waals surface area contributed by atoms with Crippen molar-refractivity contribution in [3.8, 4) is 0 Å². The van der Waals surface area contributed by atoms with Crippen molar-refractivity contribution in [3.63, 3.8) is 0 Å². The third-order valence-corrected chi connectivity index (χ3v) is 3.77. The largest absolute Gasteiger partial charge is 0.323 e. The van der Waals surface area contributed by atoms with Crippen molar-refractivity contribution in [3.05, 3.63) is 96.3 Å². The first-order chi connectivity index (χ1) is 10.3. The van der Waals surface area contributed by atoms with Crippen molar-refractivity contribution < 1.29 is 0 Å². The van der Waals surface area contributed by atoms with E-state index in [4.69, 9.17) is 0 Å². The van der Waals surface area contributed by atoms with Crippen LogP contribution in [0.4, 0.5) is 0 Å². The molecular weight excluding hydrogens is 256 g/mol. The van der Waals surface area contributed by atoms with Gasteiger partial charge >= 0.3 is 0 Å². The third-order valence-electron chi connectivity index (χ3n) is 3.77. The first kappa shape index (κ1) is 13.5. The van der Waals surface area contributed by atoms with E-state index >= 15 is 0 Å². The van der Waals surface area contributed by atoms with Gasteiger partial charge in [0.1, 0.15) is 0 Å². The summed E-state index contributed by atoms with van der Waals surface area (Å²) in [5.74, 6) is 0.315. The molecule has 3 rings (SSSR count). The summed E-state index contributed by atoms with van der Waals surface area (Å²) in [5.41, 5.74) is 6.19. The van der Waals surface area contributed by atoms with Gasteiger partial charge in [-0.15, -0.1) is 0 Å². The van der Waals surface area contributed by atoms with Crippen molar-refractivity contribution in [2.24, 2.45) is 0 Å². The van der Waals surface area contributed by atoms with E-state index in [2.05, 4.69) is 73.0 Å². The number of aromatic nitrogens is 1. The lowest BCUT2D eigenvalue weighted by atomic mass is 9.86. The molecule has 0 radical (unpaired) electrons. The highest BCUT2D eigenvalue weighted by Gasteiger charge is 2.21. The summed E-state index contributed by atoms with van der Waals surface area (Å²) in [5, 5.41) is 0. The fourth-order valence-corrected chi connectivity index (χ4v) is 2.82. The molecular formula is C19H20N2. The average Bonchev–Trinajstić information content (AvgIpc) is 3.02. The number of hydrogen-bond acceptors (Lipinski definition) is 1. The quantitative estimate of drug-likeness (QED) is 0.737. The lowest BCUT2D eigenvalue weighted by Gasteiger charge is -2.27. The van der Waals surface area contributed by atoms with Crippen LogP contribution >= 0.6 is 0 Å². The van der Waals surface area contributed by atoms with E-state index in [9.17, 15) is 0 Å². The Morgan fingerprint density at radius 3 is 1.67 bits per heavy atom. The van der Waals surface area contributed by atoms with E-state index in [1.807, 2.05) is 29.2 Å². The van der Waals surface area contributed by atoms with Crippen molar-refractivity contribution in [2.45, 2.75) is 18.9 Å². The molecule has 2 nitrogen and oxygen atoms in total. The van der Waals surface area contributed by atoms with Gasteiger partial charge in [0.2, 0.25) is 0 Å². The number of hydrogen-bond donors (Lipinski definition) is 1. The van der Waals surface area contributed by atoms with Gasteiger partial charge in [-0.2, -0.15) is 0 Å². The Hall–Kier alpha value is -2.48. The van der Waals surface area contributed by atoms with E-state index in [1.165, 1.54) is 11.1 Å². The molecule has 2 heteroatoms. The molecule has 1 heterocycles. The third kappa shape index (κ3) is 3.16. The first-order valence-electron chi connectivity index (χ1n) is 7.34. The van der Waals surface area contributed by atoms with Crippen LogP contribution in [-0.4, -0.2) is 10.7 Å². The Morgan fingerprint density at radius 1 is 0.714 bits per heavy atom. The zero-order chi connectivity index (χ0) is 14.5. The van der Waals surface area contributed by atoms with E-state index in [-0.39, 0.29) is 6.04 Å². The van der Waals surface area contributed by atoms with Crippen LogP contribution in [-0.2, 0) is 0 Å². The van der Waals surface area contributed by atoms with E-state index in [0.29, 0.717) is 5.92 Å². The first-order valence-corrected chi connectivity index (χ1v) is 7.34. The lowest BCUT2D eigenvalue weighted by molar-refractivity contribution is 0.615. The Balaban J connectivity index is 1.92. The van der Waals surface area contributed by atoms with Crippen molar-refractivity contribution in [2.75, 3.05) is 5.43 Å². The van der Waals surface area contributed by atoms with Crippen LogP contribution in [0.25, 0.3) is 0 Å². The fourth-order valence-electron chi connectivity index (χ4n) is 2.82. The zero-order valence-electron chi connectivity index (χ0n) is 12.2. The Morgan fingerprint density at radius 2 is 1.19 bits per heavy atom. The maximum Gasteiger partial charge on any atom is 0.0505 e. The highest BCUT2D eigenvalue weighted by molar-refractivity contribution is 5.34. The van der Waals surface area contributed by atoms with Gasteiger partial charge in [0.25, 0.3) is 0 Å². The fraction of sp³-hybridized carbons (Fsp3) is 0.158. The summed E-state index contributed by atoms with van der Waals surface area (Å²) in [6.45, 7) is 2.23. The number of rotatable bonds is 5. The zero-order valence-corrected chi connectivity index (χ0v) is 12.2. The van der Waals surface area contributed by atoms with E-state index in [0.717, 1.165) is 0 Å². The van der Waals surface area contributed by atoms with Gasteiger partial charge in [0.05, 0.1) is 6.04 Å². The lowest BCUT2D eigenvalue weighted by Crippen LogP contribution is -2.30. The molecule has 1 N–H and O–H groups in total. The molecule has 1 unspecified atom stereocenters. The normalized spacial score (nSPS) is 12.3. The second-order valence-corrected chi connectivity index (χ2v) is 5.31. The van der Waals surface area contributed by atoms with Gasteiger partial charge in [-0.05, 0) is 30.2 Å². The molecule has 0 bridgehead atoms. The highest BCUT2D eigenvalue weighted by Crippen LogP contribution is 2.28. The molecule has 0 saturated heterocycles. The molecule has 2 aromatic carbocycles. The van der Waals surface area contributed by atoms with Crippen molar-refractivity contribution in [1.82, 2.24) is 4.68 Å². The van der Waals surface area contributed by atoms with Crippen LogP contribution in [0.1, 0.15) is 24.0 Å². The van der Waals surface area contributed by atoms with Gasteiger partial charge in [-0.3, -0.25) is 4.68 Å². The second kappa shape index (κ2) is 6.31. The Bertz CT molecular complexity index is 605. The minimum absolute atomic E-state index is 0.280. The summed E-state index contributed by atoms with van der Waals surface area (Å²) in [4.78, 5) is 0. The molecule has 1 atom stereocenters. The van der Waals surface area contributed by atoms with Crippen molar-refractivity contribution >= 4 is 0 Å². The van der Waals surface area contributed by atoms with E-state index < -0.39 is 0 Å². The SMILES string of the molecule is CC(Nn1cccc1)C(c1ccccc1)c1ccccc1. The van der Waals surface area contributed by atoms with Crippen LogP contribution in [0.2, 0.25) is 0 Å². The predicted octanol–water partition coefficient (Wildman–Crippen LogP) is 4.25. The topological polar surface area (TPSA) is 17.0 Å². The van der Waals surface area contributed by atoms with Gasteiger partial charge in [-0.1, -0.05) is 60.7 Å². The molecule has 0 spiro atoms. The van der Waals surface area contributed by atoms with Crippen molar-refractivity contribution in [1.29, 1.82) is 0 Å². The molecule has 21 heavy (non-hydrogen) atoms. The number of nitrogens with zero attached hydrogens (tertiary/aromatic N) is 1. The number of benzene rings is 2. The molecule has 0 aliphatic heterocycles. The maximum atomic E-state index is 3.54. The van der Waals surface area contributed by atoms with Crippen LogP contribution in [0.3, 0.4) is 0 Å². The summed E-state index contributed by atoms with van der Waals surface area (Å²) in [7, 11) is 0. The van der Waals surface area contributed by atoms with Crippen LogP contribution in [0, 0.1) is 0 Å². The molecule has 106 valence electrons. The molecule has 0 amide bonds. The maximum absolute atomic E-state index is 3.54. The molecule has 1 aromatic heterocycles. The van der Waals surface area contributed by atoms with E-state index in [1.54, 1.807) is 0 Å². The minimum Gasteiger partial charge on any atom is -0.323 e. The van der Waals surface area contributed by atoms with Gasteiger partial charge < -0.3 is 5.43 Å². The smallest absolute Gasteiger partial charge is 0.0505 e. The molecule has 0 aliphatic carbocycles. The summed E-state index contributed by atoms with van der Waals surface area (Å²) < 4.78 is 2.02. The predicted molar refractivity (Wildman–Crippen MR) is 88.0 cm³/mol. The summed E-state index contributed by atoms with van der Waals surface area (Å²) in [6.07, 6.45) is 4.06. The van der Waals surface area contributed by atoms with Gasteiger partial charge in [0, 0.05) is 18.3 Å². The summed E-state index contributed by atoms with van der Waals surface area (Å²) >= 11 is 0. The Kier molecular flexibility index (Phi) is 4.06. The van der Waals surface area contributed by atoms with Gasteiger partial charge in [-0.25, -0.2) is 0 Å². The van der Waals surface area contributed by atoms with Crippen LogP contribution in [0.15, 0.2) is 85.2 Å². The average molecular weight is 276 g/mol. The minimum atomic E-state index is 0.280. The second-order valence-electron chi connectivity index (χ2n) is 5.31. The summed E-state index contributed by atoms with van der Waals surface area (Å²) in [6, 6.07) is 25.7. The highest BCUT2D eigenvalue weighted by atomic mass is 15.4. The van der Waals surface area contributed by atoms with Crippen LogP contribution < -0.4 is 5.43 Å².